The van der Waals surface area contributed by atoms with E-state index in [1.54, 1.807) is 0 Å². The maximum absolute atomic E-state index is 8.98. The van der Waals surface area contributed by atoms with Gasteiger partial charge in [-0.05, 0) is 37.1 Å². The quantitative estimate of drug-likeness (QED) is 0.892. The number of rotatable bonds is 3. The minimum atomic E-state index is 0.638. The van der Waals surface area contributed by atoms with Crippen LogP contribution in [0.5, 0.6) is 0 Å². The first-order valence-electron chi connectivity index (χ1n) is 6.09. The van der Waals surface area contributed by atoms with Crippen LogP contribution in [0.1, 0.15) is 29.8 Å². The third-order valence-electron chi connectivity index (χ3n) is 3.50. The van der Waals surface area contributed by atoms with Crippen molar-refractivity contribution in [2.45, 2.75) is 32.4 Å². The summed E-state index contributed by atoms with van der Waals surface area (Å²) in [6, 6.07) is 4.86. The number of nitriles is 1. The normalized spacial score (nSPS) is 20.2. The zero-order valence-corrected chi connectivity index (χ0v) is 11.3. The number of hydrogen-bond acceptors (Lipinski definition) is 3. The van der Waals surface area contributed by atoms with Crippen LogP contribution in [-0.4, -0.2) is 22.1 Å². The predicted molar refractivity (Wildman–Crippen MR) is 72.1 cm³/mol. The Morgan fingerprint density at radius 2 is 2.47 bits per heavy atom. The molecule has 0 aromatic carbocycles. The molecule has 0 spiro atoms. The minimum Gasteiger partial charge on any atom is -0.340 e. The highest BCUT2D eigenvalue weighted by atomic mass is 32.2. The van der Waals surface area contributed by atoms with Crippen molar-refractivity contribution in [3.8, 4) is 6.07 Å². The van der Waals surface area contributed by atoms with E-state index in [0.717, 1.165) is 12.2 Å². The fourth-order valence-corrected chi connectivity index (χ4v) is 3.31. The van der Waals surface area contributed by atoms with Gasteiger partial charge in [-0.25, -0.2) is 0 Å². The van der Waals surface area contributed by atoms with Gasteiger partial charge >= 0.3 is 0 Å². The molecule has 3 nitrogen and oxygen atoms in total. The molecule has 0 bridgehead atoms. The summed E-state index contributed by atoms with van der Waals surface area (Å²) < 4.78 is 1.96. The predicted octanol–water partition coefficient (Wildman–Crippen LogP) is 2.19. The zero-order valence-electron chi connectivity index (χ0n) is 10.5. The zero-order chi connectivity index (χ0) is 12.3. The summed E-state index contributed by atoms with van der Waals surface area (Å²) >= 11 is 2.04. The molecule has 17 heavy (non-hydrogen) atoms. The van der Waals surface area contributed by atoms with Crippen molar-refractivity contribution in [3.05, 3.63) is 23.0 Å². The first-order valence-corrected chi connectivity index (χ1v) is 7.24. The second-order valence-electron chi connectivity index (χ2n) is 4.61. The molecule has 0 aliphatic carbocycles. The molecule has 2 rings (SSSR count). The van der Waals surface area contributed by atoms with Crippen molar-refractivity contribution < 1.29 is 0 Å². The van der Waals surface area contributed by atoms with Gasteiger partial charge in [0.2, 0.25) is 0 Å². The van der Waals surface area contributed by atoms with Gasteiger partial charge < -0.3 is 9.88 Å². The van der Waals surface area contributed by atoms with Crippen molar-refractivity contribution >= 4 is 11.8 Å². The highest BCUT2D eigenvalue weighted by molar-refractivity contribution is 7.99. The van der Waals surface area contributed by atoms with Crippen LogP contribution in [0.3, 0.4) is 0 Å². The fraction of sp³-hybridized carbons (Fsp3) is 0.615. The Labute approximate surface area is 107 Å². The van der Waals surface area contributed by atoms with Crippen LogP contribution in [0.4, 0.5) is 0 Å². The smallest absolute Gasteiger partial charge is 0.120 e. The molecule has 0 saturated carbocycles. The Bertz CT molecular complexity index is 425. The molecule has 1 aromatic rings. The van der Waals surface area contributed by atoms with E-state index in [1.165, 1.54) is 35.6 Å². The molecule has 1 saturated heterocycles. The van der Waals surface area contributed by atoms with E-state index >= 15 is 0 Å². The number of thioether (sulfide) groups is 1. The summed E-state index contributed by atoms with van der Waals surface area (Å²) in [6.45, 7) is 2.96. The van der Waals surface area contributed by atoms with Crippen molar-refractivity contribution in [2.24, 2.45) is 7.05 Å². The Morgan fingerprint density at radius 1 is 1.65 bits per heavy atom. The molecular weight excluding hydrogens is 230 g/mol. The maximum atomic E-state index is 8.98. The lowest BCUT2D eigenvalue weighted by Crippen LogP contribution is -2.33. The lowest BCUT2D eigenvalue weighted by atomic mass is 10.1. The van der Waals surface area contributed by atoms with E-state index in [9.17, 15) is 0 Å². The van der Waals surface area contributed by atoms with E-state index in [4.69, 9.17) is 5.26 Å². The standard InChI is InChI=1S/C13H19N3S/c1-10-11(6-13(7-14)16(10)2)8-15-12-4-3-5-17-9-12/h6,12,15H,3-5,8-9H2,1-2H3. The van der Waals surface area contributed by atoms with E-state index in [2.05, 4.69) is 18.3 Å². The third kappa shape index (κ3) is 2.85. The minimum absolute atomic E-state index is 0.638. The highest BCUT2D eigenvalue weighted by Gasteiger charge is 2.14. The molecule has 2 heterocycles. The van der Waals surface area contributed by atoms with Gasteiger partial charge in [-0.2, -0.15) is 17.0 Å². The highest BCUT2D eigenvalue weighted by Crippen LogP contribution is 2.18. The Hall–Kier alpha value is -0.920. The molecule has 1 N–H and O–H groups in total. The van der Waals surface area contributed by atoms with Crippen molar-refractivity contribution in [1.29, 1.82) is 5.26 Å². The van der Waals surface area contributed by atoms with E-state index in [1.807, 2.05) is 29.4 Å². The summed E-state index contributed by atoms with van der Waals surface area (Å²) in [4.78, 5) is 0. The van der Waals surface area contributed by atoms with Crippen LogP contribution in [-0.2, 0) is 13.6 Å². The first kappa shape index (κ1) is 12.5. The third-order valence-corrected chi connectivity index (χ3v) is 4.71. The average Bonchev–Trinajstić information content (AvgIpc) is 2.65. The molecule has 1 aromatic heterocycles. The molecule has 92 valence electrons. The van der Waals surface area contributed by atoms with Crippen molar-refractivity contribution in [1.82, 2.24) is 9.88 Å². The van der Waals surface area contributed by atoms with Crippen LogP contribution in [0.2, 0.25) is 0 Å². The van der Waals surface area contributed by atoms with Gasteiger partial charge in [-0.1, -0.05) is 0 Å². The summed E-state index contributed by atoms with van der Waals surface area (Å²) in [5.41, 5.74) is 3.19. The monoisotopic (exact) mass is 249 g/mol. The van der Waals surface area contributed by atoms with E-state index < -0.39 is 0 Å². The number of nitrogens with one attached hydrogen (secondary N) is 1. The van der Waals surface area contributed by atoms with Crippen molar-refractivity contribution in [3.63, 3.8) is 0 Å². The Kier molecular flexibility index (Phi) is 4.14. The van der Waals surface area contributed by atoms with Crippen LogP contribution in [0, 0.1) is 18.3 Å². The second kappa shape index (κ2) is 5.61. The summed E-state index contributed by atoms with van der Waals surface area (Å²) in [6.07, 6.45) is 2.60. The van der Waals surface area contributed by atoms with E-state index in [0.29, 0.717) is 6.04 Å². The largest absolute Gasteiger partial charge is 0.340 e. The molecule has 1 aliphatic rings. The topological polar surface area (TPSA) is 40.8 Å². The van der Waals surface area contributed by atoms with Crippen LogP contribution in [0.25, 0.3) is 0 Å². The van der Waals surface area contributed by atoms with Crippen molar-refractivity contribution in [2.75, 3.05) is 11.5 Å². The second-order valence-corrected chi connectivity index (χ2v) is 5.76. The molecule has 1 aliphatic heterocycles. The van der Waals surface area contributed by atoms with Gasteiger partial charge in [0.25, 0.3) is 0 Å². The molecule has 4 heteroatoms. The lowest BCUT2D eigenvalue weighted by molar-refractivity contribution is 0.506. The van der Waals surface area contributed by atoms with Crippen LogP contribution >= 0.6 is 11.8 Å². The summed E-state index contributed by atoms with van der Waals surface area (Å²) in [5.74, 6) is 2.53. The molecular formula is C13H19N3S. The lowest BCUT2D eigenvalue weighted by Gasteiger charge is -2.22. The summed E-state index contributed by atoms with van der Waals surface area (Å²) in [7, 11) is 1.95. The Balaban J connectivity index is 1.97. The van der Waals surface area contributed by atoms with Gasteiger partial charge in [-0.15, -0.1) is 0 Å². The average molecular weight is 249 g/mol. The molecule has 1 fully saturated rings. The van der Waals surface area contributed by atoms with Gasteiger partial charge in [-0.3, -0.25) is 0 Å². The van der Waals surface area contributed by atoms with E-state index in [-0.39, 0.29) is 0 Å². The first-order chi connectivity index (χ1) is 8.22. The van der Waals surface area contributed by atoms with Crippen LogP contribution < -0.4 is 5.32 Å². The molecule has 0 amide bonds. The van der Waals surface area contributed by atoms with Gasteiger partial charge in [0, 0.05) is 31.1 Å². The molecule has 1 atom stereocenters. The van der Waals surface area contributed by atoms with Crippen LogP contribution in [0.15, 0.2) is 6.07 Å². The molecule has 1 unspecified atom stereocenters. The maximum Gasteiger partial charge on any atom is 0.120 e. The number of aromatic nitrogens is 1. The fourth-order valence-electron chi connectivity index (χ4n) is 2.20. The van der Waals surface area contributed by atoms with Gasteiger partial charge in [0.05, 0.1) is 0 Å². The summed E-state index contributed by atoms with van der Waals surface area (Å²) in [5, 5.41) is 12.6. The number of nitrogens with zero attached hydrogens (tertiary/aromatic N) is 2. The van der Waals surface area contributed by atoms with Gasteiger partial charge in [0.1, 0.15) is 11.8 Å². The SMILES string of the molecule is Cc1c(CNC2CCCSC2)cc(C#N)n1C. The number of hydrogen-bond donors (Lipinski definition) is 1. The molecule has 0 radical (unpaired) electrons. The van der Waals surface area contributed by atoms with Gasteiger partial charge in [0.15, 0.2) is 0 Å². The Morgan fingerprint density at radius 3 is 3.06 bits per heavy atom.